The summed E-state index contributed by atoms with van der Waals surface area (Å²) >= 11 is 12.9. The third-order valence-corrected chi connectivity index (χ3v) is 2.89. The molecule has 0 amide bonds. The fourth-order valence-corrected chi connectivity index (χ4v) is 1.71. The predicted molar refractivity (Wildman–Crippen MR) is 55.0 cm³/mol. The van der Waals surface area contributed by atoms with Crippen LogP contribution < -0.4 is 0 Å². The van der Waals surface area contributed by atoms with E-state index in [1.807, 2.05) is 0 Å². The van der Waals surface area contributed by atoms with Gasteiger partial charge in [-0.15, -0.1) is 0 Å². The third-order valence-electron chi connectivity index (χ3n) is 1.09. The Morgan fingerprint density at radius 2 is 2.42 bits per heavy atom. The van der Waals surface area contributed by atoms with Gasteiger partial charge < -0.3 is 0 Å². The smallest absolute Gasteiger partial charge is 0.115 e. The Hall–Kier alpha value is -0.180. The lowest BCUT2D eigenvalue weighted by Gasteiger charge is -1.99. The number of thioether (sulfide) groups is 1. The second-order valence-corrected chi connectivity index (χ2v) is 4.00. The molecule has 1 nitrogen and oxygen atoms in total. The van der Waals surface area contributed by atoms with E-state index in [4.69, 9.17) is 23.2 Å². The second-order valence-electron chi connectivity index (χ2n) is 2.10. The molecule has 1 aromatic heterocycles. The Morgan fingerprint density at radius 3 is 3.00 bits per heavy atom. The highest BCUT2D eigenvalue weighted by Crippen LogP contribution is 2.25. The van der Waals surface area contributed by atoms with Crippen molar-refractivity contribution in [2.24, 2.45) is 0 Å². The molecule has 0 bridgehead atoms. The zero-order valence-corrected chi connectivity index (χ0v) is 8.59. The SMILES string of the molecule is C=C(Cl)CSc1ncccc1Cl. The summed E-state index contributed by atoms with van der Waals surface area (Å²) in [5.41, 5.74) is 0. The summed E-state index contributed by atoms with van der Waals surface area (Å²) in [6.07, 6.45) is 1.70. The average molecular weight is 220 g/mol. The number of nitrogens with zero attached hydrogens (tertiary/aromatic N) is 1. The zero-order valence-electron chi connectivity index (χ0n) is 6.26. The number of rotatable bonds is 3. The van der Waals surface area contributed by atoms with Crippen LogP contribution in [0.2, 0.25) is 5.02 Å². The van der Waals surface area contributed by atoms with Gasteiger partial charge >= 0.3 is 0 Å². The Kier molecular flexibility index (Phi) is 3.92. The summed E-state index contributed by atoms with van der Waals surface area (Å²) in [6, 6.07) is 3.59. The van der Waals surface area contributed by atoms with Gasteiger partial charge in [0.05, 0.1) is 5.02 Å². The summed E-state index contributed by atoms with van der Waals surface area (Å²) in [4.78, 5) is 4.08. The van der Waals surface area contributed by atoms with Crippen molar-refractivity contribution in [1.82, 2.24) is 4.98 Å². The van der Waals surface area contributed by atoms with Gasteiger partial charge in [-0.05, 0) is 12.1 Å². The van der Waals surface area contributed by atoms with Gasteiger partial charge in [0.15, 0.2) is 0 Å². The molecule has 0 radical (unpaired) electrons. The lowest BCUT2D eigenvalue weighted by atomic mass is 10.5. The van der Waals surface area contributed by atoms with Crippen LogP contribution in [0.5, 0.6) is 0 Å². The van der Waals surface area contributed by atoms with E-state index in [2.05, 4.69) is 11.6 Å². The summed E-state index contributed by atoms with van der Waals surface area (Å²) in [6.45, 7) is 3.57. The molecule has 0 unspecified atom stereocenters. The van der Waals surface area contributed by atoms with E-state index in [1.54, 1.807) is 18.3 Å². The number of hydrogen-bond donors (Lipinski definition) is 0. The monoisotopic (exact) mass is 219 g/mol. The maximum Gasteiger partial charge on any atom is 0.115 e. The van der Waals surface area contributed by atoms with Crippen LogP contribution in [0.3, 0.4) is 0 Å². The van der Waals surface area contributed by atoms with Crippen LogP contribution in [0.25, 0.3) is 0 Å². The molecule has 0 N–H and O–H groups in total. The van der Waals surface area contributed by atoms with E-state index in [0.717, 1.165) is 5.03 Å². The summed E-state index contributed by atoms with van der Waals surface area (Å²) < 4.78 is 0. The number of aromatic nitrogens is 1. The molecule has 1 rings (SSSR count). The third kappa shape index (κ3) is 3.05. The lowest BCUT2D eigenvalue weighted by Crippen LogP contribution is -1.82. The number of halogens is 2. The molecule has 0 spiro atoms. The van der Waals surface area contributed by atoms with Crippen molar-refractivity contribution in [2.45, 2.75) is 5.03 Å². The van der Waals surface area contributed by atoms with Crippen LogP contribution in [0, 0.1) is 0 Å². The molecule has 0 aliphatic heterocycles. The minimum Gasteiger partial charge on any atom is -0.248 e. The van der Waals surface area contributed by atoms with Gasteiger partial charge in [0.1, 0.15) is 5.03 Å². The Morgan fingerprint density at radius 1 is 1.67 bits per heavy atom. The molecule has 64 valence electrons. The number of hydrogen-bond acceptors (Lipinski definition) is 2. The Balaban J connectivity index is 2.63. The molecule has 0 aliphatic carbocycles. The first-order valence-electron chi connectivity index (χ1n) is 3.27. The van der Waals surface area contributed by atoms with Crippen molar-refractivity contribution in [1.29, 1.82) is 0 Å². The summed E-state index contributed by atoms with van der Waals surface area (Å²) in [5, 5.41) is 2.04. The summed E-state index contributed by atoms with van der Waals surface area (Å²) in [7, 11) is 0. The van der Waals surface area contributed by atoms with Gasteiger partial charge in [-0.25, -0.2) is 4.98 Å². The topological polar surface area (TPSA) is 12.9 Å². The van der Waals surface area contributed by atoms with Crippen LogP contribution in [-0.4, -0.2) is 10.7 Å². The van der Waals surface area contributed by atoms with E-state index < -0.39 is 0 Å². The fraction of sp³-hybridized carbons (Fsp3) is 0.125. The van der Waals surface area contributed by atoms with Crippen LogP contribution in [0.1, 0.15) is 0 Å². The first-order chi connectivity index (χ1) is 5.70. The van der Waals surface area contributed by atoms with E-state index in [1.165, 1.54) is 11.8 Å². The molecule has 0 atom stereocenters. The standard InChI is InChI=1S/C8H7Cl2NS/c1-6(9)5-12-8-7(10)3-2-4-11-8/h2-4H,1,5H2. The van der Waals surface area contributed by atoms with Gasteiger partial charge in [-0.2, -0.15) is 0 Å². The van der Waals surface area contributed by atoms with Crippen molar-refractivity contribution in [2.75, 3.05) is 5.75 Å². The molecular weight excluding hydrogens is 213 g/mol. The minimum absolute atomic E-state index is 0.599. The lowest BCUT2D eigenvalue weighted by molar-refractivity contribution is 1.14. The highest BCUT2D eigenvalue weighted by Gasteiger charge is 2.00. The maximum absolute atomic E-state index is 5.85. The van der Waals surface area contributed by atoms with E-state index in [0.29, 0.717) is 15.8 Å². The second kappa shape index (κ2) is 4.75. The van der Waals surface area contributed by atoms with Crippen molar-refractivity contribution in [3.8, 4) is 0 Å². The van der Waals surface area contributed by atoms with Gasteiger partial charge in [0.2, 0.25) is 0 Å². The number of pyridine rings is 1. The molecule has 0 aromatic carbocycles. The molecule has 1 aromatic rings. The summed E-state index contributed by atoms with van der Waals surface area (Å²) in [5.74, 6) is 0.637. The van der Waals surface area contributed by atoms with Crippen LogP contribution >= 0.6 is 35.0 Å². The molecule has 12 heavy (non-hydrogen) atoms. The van der Waals surface area contributed by atoms with Gasteiger partial charge in [-0.3, -0.25) is 0 Å². The fourth-order valence-electron chi connectivity index (χ4n) is 0.624. The van der Waals surface area contributed by atoms with Crippen LogP contribution in [0.15, 0.2) is 35.0 Å². The van der Waals surface area contributed by atoms with Crippen LogP contribution in [0.4, 0.5) is 0 Å². The molecule has 0 aliphatic rings. The quantitative estimate of drug-likeness (QED) is 0.722. The van der Waals surface area contributed by atoms with Crippen molar-refractivity contribution in [3.05, 3.63) is 35.0 Å². The van der Waals surface area contributed by atoms with Gasteiger partial charge in [0, 0.05) is 17.0 Å². The average Bonchev–Trinajstić information content (AvgIpc) is 2.03. The largest absolute Gasteiger partial charge is 0.248 e. The van der Waals surface area contributed by atoms with Crippen molar-refractivity contribution < 1.29 is 0 Å². The normalized spacial score (nSPS) is 9.83. The molecule has 0 fully saturated rings. The zero-order chi connectivity index (χ0) is 8.97. The molecule has 1 heterocycles. The van der Waals surface area contributed by atoms with Crippen molar-refractivity contribution in [3.63, 3.8) is 0 Å². The first-order valence-corrected chi connectivity index (χ1v) is 5.01. The predicted octanol–water partition coefficient (Wildman–Crippen LogP) is 3.58. The highest BCUT2D eigenvalue weighted by molar-refractivity contribution is 7.99. The molecule has 0 saturated heterocycles. The van der Waals surface area contributed by atoms with Gasteiger partial charge in [0.25, 0.3) is 0 Å². The van der Waals surface area contributed by atoms with Crippen molar-refractivity contribution >= 4 is 35.0 Å². The minimum atomic E-state index is 0.599. The van der Waals surface area contributed by atoms with E-state index in [9.17, 15) is 0 Å². The molecule has 0 saturated carbocycles. The van der Waals surface area contributed by atoms with Gasteiger partial charge in [-0.1, -0.05) is 41.5 Å². The Bertz CT molecular complexity index is 288. The highest BCUT2D eigenvalue weighted by atomic mass is 35.5. The first kappa shape index (κ1) is 9.90. The van der Waals surface area contributed by atoms with E-state index >= 15 is 0 Å². The Labute approximate surface area is 85.8 Å². The van der Waals surface area contributed by atoms with Crippen LogP contribution in [-0.2, 0) is 0 Å². The molecular formula is C8H7Cl2NS. The van der Waals surface area contributed by atoms with E-state index in [-0.39, 0.29) is 0 Å². The maximum atomic E-state index is 5.85. The molecule has 4 heteroatoms.